The number of rotatable bonds is 7. The summed E-state index contributed by atoms with van der Waals surface area (Å²) in [5.74, 6) is 0.907. The van der Waals surface area contributed by atoms with Crippen LogP contribution in [0, 0.1) is 13.8 Å². The molecule has 6 heteroatoms. The summed E-state index contributed by atoms with van der Waals surface area (Å²) < 4.78 is 5.24. The van der Waals surface area contributed by atoms with E-state index >= 15 is 0 Å². The van der Waals surface area contributed by atoms with Gasteiger partial charge >= 0.3 is 0 Å². The van der Waals surface area contributed by atoms with Crippen LogP contribution in [-0.4, -0.2) is 56.4 Å². The summed E-state index contributed by atoms with van der Waals surface area (Å²) in [5.41, 5.74) is 4.80. The monoisotopic (exact) mass is 412 g/mol. The first-order valence-electron chi connectivity index (χ1n) is 10.3. The van der Waals surface area contributed by atoms with Gasteiger partial charge in [0.1, 0.15) is 5.75 Å². The lowest BCUT2D eigenvalue weighted by molar-refractivity contribution is 0.255. The number of aryl methyl sites for hydroxylation is 2. The van der Waals surface area contributed by atoms with Crippen molar-refractivity contribution >= 4 is 28.7 Å². The number of anilines is 2. The number of piperazine rings is 1. The van der Waals surface area contributed by atoms with Crippen LogP contribution in [0.1, 0.15) is 17.5 Å². The highest BCUT2D eigenvalue weighted by atomic mass is 32.1. The van der Waals surface area contributed by atoms with E-state index in [0.717, 1.165) is 57.1 Å². The van der Waals surface area contributed by atoms with Crippen molar-refractivity contribution in [2.75, 3.05) is 56.6 Å². The van der Waals surface area contributed by atoms with E-state index in [1.54, 1.807) is 7.11 Å². The molecule has 156 valence electrons. The predicted molar refractivity (Wildman–Crippen MR) is 126 cm³/mol. The van der Waals surface area contributed by atoms with Gasteiger partial charge in [-0.2, -0.15) is 0 Å². The van der Waals surface area contributed by atoms with Crippen molar-refractivity contribution in [1.29, 1.82) is 0 Å². The Bertz CT molecular complexity index is 781. The lowest BCUT2D eigenvalue weighted by Gasteiger charge is -2.36. The molecule has 0 saturated carbocycles. The van der Waals surface area contributed by atoms with Gasteiger partial charge < -0.3 is 20.3 Å². The zero-order valence-corrected chi connectivity index (χ0v) is 18.5. The van der Waals surface area contributed by atoms with Crippen molar-refractivity contribution in [1.82, 2.24) is 10.2 Å². The van der Waals surface area contributed by atoms with E-state index in [2.05, 4.69) is 64.6 Å². The molecular weight excluding hydrogens is 380 g/mol. The highest BCUT2D eigenvalue weighted by molar-refractivity contribution is 7.80. The van der Waals surface area contributed by atoms with Crippen molar-refractivity contribution in [3.63, 3.8) is 0 Å². The number of methoxy groups -OCH3 is 1. The molecule has 0 amide bonds. The van der Waals surface area contributed by atoms with Gasteiger partial charge in [0.2, 0.25) is 0 Å². The number of hydrogen-bond donors (Lipinski definition) is 2. The Hall–Kier alpha value is -2.31. The van der Waals surface area contributed by atoms with Crippen LogP contribution < -0.4 is 20.3 Å². The quantitative estimate of drug-likeness (QED) is 0.532. The highest BCUT2D eigenvalue weighted by Gasteiger charge is 2.16. The second-order valence-electron chi connectivity index (χ2n) is 7.64. The summed E-state index contributed by atoms with van der Waals surface area (Å²) in [6.07, 6.45) is 1.08. The summed E-state index contributed by atoms with van der Waals surface area (Å²) in [5, 5.41) is 7.31. The Morgan fingerprint density at radius 1 is 1.00 bits per heavy atom. The second kappa shape index (κ2) is 10.5. The largest absolute Gasteiger partial charge is 0.497 e. The van der Waals surface area contributed by atoms with Gasteiger partial charge in [-0.15, -0.1) is 0 Å². The van der Waals surface area contributed by atoms with Gasteiger partial charge in [0, 0.05) is 44.1 Å². The summed E-state index contributed by atoms with van der Waals surface area (Å²) >= 11 is 5.43. The first kappa shape index (κ1) is 21.4. The SMILES string of the molecule is COc1ccc(N2CCN(CCCNC(=S)Nc3cc(C)cc(C)c3)CC2)cc1. The molecule has 5 nitrogen and oxygen atoms in total. The van der Waals surface area contributed by atoms with E-state index in [0.29, 0.717) is 5.11 Å². The topological polar surface area (TPSA) is 39.8 Å². The summed E-state index contributed by atoms with van der Waals surface area (Å²) in [6, 6.07) is 14.7. The molecule has 1 heterocycles. The van der Waals surface area contributed by atoms with Crippen LogP contribution in [-0.2, 0) is 0 Å². The zero-order valence-electron chi connectivity index (χ0n) is 17.7. The molecule has 2 aromatic rings. The molecule has 0 bridgehead atoms. The molecule has 1 aliphatic rings. The Morgan fingerprint density at radius 3 is 2.28 bits per heavy atom. The third-order valence-corrected chi connectivity index (χ3v) is 5.47. The van der Waals surface area contributed by atoms with E-state index in [-0.39, 0.29) is 0 Å². The van der Waals surface area contributed by atoms with Crippen LogP contribution in [0.5, 0.6) is 5.75 Å². The molecule has 0 unspecified atom stereocenters. The number of nitrogens with one attached hydrogen (secondary N) is 2. The van der Waals surface area contributed by atoms with Crippen LogP contribution in [0.3, 0.4) is 0 Å². The molecule has 0 radical (unpaired) electrons. The van der Waals surface area contributed by atoms with E-state index in [1.165, 1.54) is 16.8 Å². The van der Waals surface area contributed by atoms with Crippen LogP contribution in [0.15, 0.2) is 42.5 Å². The summed E-state index contributed by atoms with van der Waals surface area (Å²) in [6.45, 7) is 10.5. The molecule has 0 aliphatic carbocycles. The van der Waals surface area contributed by atoms with E-state index < -0.39 is 0 Å². The van der Waals surface area contributed by atoms with Gasteiger partial charge in [0.05, 0.1) is 7.11 Å². The average Bonchev–Trinajstić information content (AvgIpc) is 2.71. The molecular formula is C23H32N4OS. The van der Waals surface area contributed by atoms with Crippen molar-refractivity contribution in [3.05, 3.63) is 53.6 Å². The van der Waals surface area contributed by atoms with Crippen LogP contribution in [0.25, 0.3) is 0 Å². The molecule has 3 rings (SSSR count). The van der Waals surface area contributed by atoms with E-state index in [1.807, 2.05) is 12.1 Å². The lowest BCUT2D eigenvalue weighted by atomic mass is 10.1. The number of nitrogens with zero attached hydrogens (tertiary/aromatic N) is 2. The summed E-state index contributed by atoms with van der Waals surface area (Å²) in [4.78, 5) is 4.97. The van der Waals surface area contributed by atoms with Crippen molar-refractivity contribution in [2.45, 2.75) is 20.3 Å². The maximum Gasteiger partial charge on any atom is 0.170 e. The zero-order chi connectivity index (χ0) is 20.6. The normalized spacial score (nSPS) is 14.5. The maximum absolute atomic E-state index is 5.43. The number of ether oxygens (including phenoxy) is 1. The van der Waals surface area contributed by atoms with E-state index in [4.69, 9.17) is 17.0 Å². The third-order valence-electron chi connectivity index (χ3n) is 5.23. The van der Waals surface area contributed by atoms with Crippen molar-refractivity contribution in [3.8, 4) is 5.75 Å². The van der Waals surface area contributed by atoms with Crippen LogP contribution in [0.4, 0.5) is 11.4 Å². The predicted octanol–water partition coefficient (Wildman–Crippen LogP) is 3.81. The van der Waals surface area contributed by atoms with Crippen LogP contribution >= 0.6 is 12.2 Å². The first-order valence-corrected chi connectivity index (χ1v) is 10.7. The number of benzene rings is 2. The number of hydrogen-bond acceptors (Lipinski definition) is 4. The molecule has 0 aromatic heterocycles. The Labute approximate surface area is 180 Å². The van der Waals surface area contributed by atoms with Crippen molar-refractivity contribution < 1.29 is 4.74 Å². The smallest absolute Gasteiger partial charge is 0.170 e. The Morgan fingerprint density at radius 2 is 1.66 bits per heavy atom. The fourth-order valence-corrected chi connectivity index (χ4v) is 3.97. The molecule has 1 fully saturated rings. The van der Waals surface area contributed by atoms with Gasteiger partial charge in [-0.25, -0.2) is 0 Å². The minimum atomic E-state index is 0.694. The lowest BCUT2D eigenvalue weighted by Crippen LogP contribution is -2.47. The van der Waals surface area contributed by atoms with Gasteiger partial charge in [-0.1, -0.05) is 6.07 Å². The van der Waals surface area contributed by atoms with Gasteiger partial charge in [0.25, 0.3) is 0 Å². The molecule has 2 aromatic carbocycles. The van der Waals surface area contributed by atoms with Gasteiger partial charge in [-0.3, -0.25) is 4.90 Å². The molecule has 1 saturated heterocycles. The minimum Gasteiger partial charge on any atom is -0.497 e. The van der Waals surface area contributed by atoms with Crippen molar-refractivity contribution in [2.24, 2.45) is 0 Å². The maximum atomic E-state index is 5.43. The van der Waals surface area contributed by atoms with E-state index in [9.17, 15) is 0 Å². The highest BCUT2D eigenvalue weighted by Crippen LogP contribution is 2.20. The molecule has 0 atom stereocenters. The minimum absolute atomic E-state index is 0.694. The molecule has 29 heavy (non-hydrogen) atoms. The fourth-order valence-electron chi connectivity index (χ4n) is 3.75. The number of thiocarbonyl (C=S) groups is 1. The Kier molecular flexibility index (Phi) is 7.72. The average molecular weight is 413 g/mol. The fraction of sp³-hybridized carbons (Fsp3) is 0.435. The standard InChI is InChI=1S/C23H32N4OS/c1-18-15-19(2)17-20(16-18)25-23(29)24-9-4-10-26-11-13-27(14-12-26)21-5-7-22(28-3)8-6-21/h5-8,15-17H,4,9-14H2,1-3H3,(H2,24,25,29). The second-order valence-corrected chi connectivity index (χ2v) is 8.05. The molecule has 2 N–H and O–H groups in total. The summed E-state index contributed by atoms with van der Waals surface area (Å²) in [7, 11) is 1.70. The van der Waals surface area contributed by atoms with Gasteiger partial charge in [0.15, 0.2) is 5.11 Å². The Balaban J connectivity index is 1.32. The molecule has 1 aliphatic heterocycles. The molecule has 0 spiro atoms. The van der Waals surface area contributed by atoms with Gasteiger partial charge in [-0.05, 0) is 86.6 Å². The van der Waals surface area contributed by atoms with Crippen LogP contribution in [0.2, 0.25) is 0 Å². The third kappa shape index (κ3) is 6.61. The first-order chi connectivity index (χ1) is 14.0.